The molecule has 1 saturated heterocycles. The summed E-state index contributed by atoms with van der Waals surface area (Å²) in [6.07, 6.45) is 2.88. The molecule has 1 aliphatic heterocycles. The van der Waals surface area contributed by atoms with Crippen LogP contribution in [0.3, 0.4) is 0 Å². The van der Waals surface area contributed by atoms with Gasteiger partial charge in [-0.1, -0.05) is 30.8 Å². The number of nitrogens with one attached hydrogen (secondary N) is 2. The molecule has 2 aromatic rings. The fourth-order valence-corrected chi connectivity index (χ4v) is 5.09. The van der Waals surface area contributed by atoms with Gasteiger partial charge in [-0.2, -0.15) is 0 Å². The third-order valence-corrected chi connectivity index (χ3v) is 6.12. The molecule has 1 atom stereocenters. The average Bonchev–Trinajstić information content (AvgIpc) is 2.94. The lowest BCUT2D eigenvalue weighted by molar-refractivity contribution is -0.116. The van der Waals surface area contributed by atoms with Crippen molar-refractivity contribution in [1.29, 1.82) is 0 Å². The van der Waals surface area contributed by atoms with E-state index in [0.717, 1.165) is 32.4 Å². The summed E-state index contributed by atoms with van der Waals surface area (Å²) >= 11 is 8.44. The number of amides is 1. The van der Waals surface area contributed by atoms with Gasteiger partial charge in [0.25, 0.3) is 5.91 Å². The van der Waals surface area contributed by atoms with Gasteiger partial charge in [0.15, 0.2) is 5.50 Å². The second-order valence-corrected chi connectivity index (χ2v) is 8.55. The summed E-state index contributed by atoms with van der Waals surface area (Å²) in [5.41, 5.74) is 2.99. The molecule has 2 N–H and O–H groups in total. The number of hydrogen-bond acceptors (Lipinski definition) is 4. The van der Waals surface area contributed by atoms with Crippen molar-refractivity contribution in [1.82, 2.24) is 5.32 Å². The number of methoxy groups -OCH3 is 1. The zero-order valence-corrected chi connectivity index (χ0v) is 18.3. The van der Waals surface area contributed by atoms with Gasteiger partial charge in [0, 0.05) is 5.69 Å². The zero-order chi connectivity index (χ0) is 18.7. The lowest BCUT2D eigenvalue weighted by Crippen LogP contribution is -2.30. The monoisotopic (exact) mass is 496 g/mol. The van der Waals surface area contributed by atoms with E-state index >= 15 is 0 Å². The van der Waals surface area contributed by atoms with E-state index in [4.69, 9.17) is 4.74 Å². The second kappa shape index (κ2) is 8.50. The fraction of sp³-hybridized carbons (Fsp3) is 0.211. The van der Waals surface area contributed by atoms with E-state index in [1.165, 1.54) is 17.3 Å². The highest BCUT2D eigenvalue weighted by Gasteiger charge is 2.27. The number of benzene rings is 2. The van der Waals surface area contributed by atoms with E-state index in [9.17, 15) is 4.79 Å². The topological polar surface area (TPSA) is 50.4 Å². The first-order valence-electron chi connectivity index (χ1n) is 8.08. The number of rotatable bonds is 5. The average molecular weight is 498 g/mol. The zero-order valence-electron chi connectivity index (χ0n) is 14.3. The van der Waals surface area contributed by atoms with Crippen LogP contribution in [0.2, 0.25) is 0 Å². The number of thioether (sulfide) groups is 1. The first-order chi connectivity index (χ1) is 12.5. The smallest absolute Gasteiger partial charge is 0.260 e. The van der Waals surface area contributed by atoms with Gasteiger partial charge in [-0.05, 0) is 79.7 Å². The SMILES string of the molecule is CCc1ccc(N[C@@H]2NC(=O)/C(=C/c3cc(Br)c(OC)c(Br)c3)S2)cc1. The summed E-state index contributed by atoms with van der Waals surface area (Å²) in [6.45, 7) is 2.13. The number of hydrogen-bond donors (Lipinski definition) is 2. The van der Waals surface area contributed by atoms with Crippen LogP contribution in [0.15, 0.2) is 50.2 Å². The molecule has 26 heavy (non-hydrogen) atoms. The fourth-order valence-electron chi connectivity index (χ4n) is 2.56. The Bertz CT molecular complexity index is 830. The Morgan fingerprint density at radius 2 is 1.88 bits per heavy atom. The van der Waals surface area contributed by atoms with Gasteiger partial charge < -0.3 is 15.4 Å². The van der Waals surface area contributed by atoms with Crippen molar-refractivity contribution in [3.63, 3.8) is 0 Å². The highest BCUT2D eigenvalue weighted by atomic mass is 79.9. The van der Waals surface area contributed by atoms with Crippen molar-refractivity contribution < 1.29 is 9.53 Å². The summed E-state index contributed by atoms with van der Waals surface area (Å²) in [6, 6.07) is 12.1. The van der Waals surface area contributed by atoms with Crippen molar-refractivity contribution in [3.05, 3.63) is 61.4 Å². The molecule has 0 aliphatic carbocycles. The Morgan fingerprint density at radius 1 is 1.23 bits per heavy atom. The lowest BCUT2D eigenvalue weighted by atomic mass is 10.1. The molecule has 2 aromatic carbocycles. The van der Waals surface area contributed by atoms with Crippen molar-refractivity contribution in [2.24, 2.45) is 0 Å². The number of aryl methyl sites for hydroxylation is 1. The molecule has 136 valence electrons. The summed E-state index contributed by atoms with van der Waals surface area (Å²) < 4.78 is 6.97. The molecule has 1 heterocycles. The van der Waals surface area contributed by atoms with Gasteiger partial charge >= 0.3 is 0 Å². The van der Waals surface area contributed by atoms with Gasteiger partial charge in [0.05, 0.1) is 21.0 Å². The summed E-state index contributed by atoms with van der Waals surface area (Å²) in [5.74, 6) is 0.645. The molecular formula is C19H18Br2N2O2S. The maximum Gasteiger partial charge on any atom is 0.260 e. The molecule has 3 rings (SSSR count). The molecule has 0 radical (unpaired) electrons. The molecule has 0 aromatic heterocycles. The number of halogens is 2. The third-order valence-electron chi connectivity index (χ3n) is 3.91. The predicted octanol–water partition coefficient (Wildman–Crippen LogP) is 5.38. The Morgan fingerprint density at radius 3 is 2.46 bits per heavy atom. The molecule has 4 nitrogen and oxygen atoms in total. The van der Waals surface area contributed by atoms with Gasteiger partial charge in [-0.25, -0.2) is 0 Å². The maximum absolute atomic E-state index is 12.3. The van der Waals surface area contributed by atoms with Crippen LogP contribution >= 0.6 is 43.6 Å². The highest BCUT2D eigenvalue weighted by molar-refractivity contribution is 9.11. The van der Waals surface area contributed by atoms with Crippen molar-refractivity contribution in [2.45, 2.75) is 18.8 Å². The van der Waals surface area contributed by atoms with Crippen LogP contribution in [0, 0.1) is 0 Å². The Labute approximate surface area is 174 Å². The van der Waals surface area contributed by atoms with Crippen LogP contribution in [-0.2, 0) is 11.2 Å². The van der Waals surface area contributed by atoms with Crippen LogP contribution in [0.1, 0.15) is 18.1 Å². The van der Waals surface area contributed by atoms with Crippen LogP contribution < -0.4 is 15.4 Å². The van der Waals surface area contributed by atoms with Gasteiger partial charge in [0.2, 0.25) is 0 Å². The number of anilines is 1. The van der Waals surface area contributed by atoms with Crippen LogP contribution in [0.5, 0.6) is 5.75 Å². The maximum atomic E-state index is 12.3. The number of ether oxygens (including phenoxy) is 1. The molecule has 1 aliphatic rings. The predicted molar refractivity (Wildman–Crippen MR) is 115 cm³/mol. The Balaban J connectivity index is 1.73. The van der Waals surface area contributed by atoms with E-state index in [-0.39, 0.29) is 11.4 Å². The largest absolute Gasteiger partial charge is 0.494 e. The minimum Gasteiger partial charge on any atom is -0.494 e. The van der Waals surface area contributed by atoms with E-state index in [1.54, 1.807) is 7.11 Å². The molecule has 0 unspecified atom stereocenters. The molecule has 0 saturated carbocycles. The van der Waals surface area contributed by atoms with Crippen molar-refractivity contribution in [3.8, 4) is 5.75 Å². The molecule has 0 bridgehead atoms. The summed E-state index contributed by atoms with van der Waals surface area (Å²) in [5, 5.41) is 6.28. The van der Waals surface area contributed by atoms with Crippen LogP contribution in [0.4, 0.5) is 5.69 Å². The molecular weight excluding hydrogens is 480 g/mol. The lowest BCUT2D eigenvalue weighted by Gasteiger charge is -2.12. The van der Waals surface area contributed by atoms with Crippen molar-refractivity contribution >= 4 is 61.3 Å². The normalized spacial score (nSPS) is 18.1. The van der Waals surface area contributed by atoms with Crippen LogP contribution in [-0.4, -0.2) is 18.5 Å². The van der Waals surface area contributed by atoms with E-state index < -0.39 is 0 Å². The summed E-state index contributed by atoms with van der Waals surface area (Å²) in [4.78, 5) is 12.9. The quantitative estimate of drug-likeness (QED) is 0.544. The Kier molecular flexibility index (Phi) is 6.32. The van der Waals surface area contributed by atoms with E-state index in [2.05, 4.69) is 61.5 Å². The minimum absolute atomic E-state index is 0.0826. The molecule has 0 spiro atoms. The first kappa shape index (κ1) is 19.3. The number of carbonyl (C=O) groups is 1. The first-order valence-corrected chi connectivity index (χ1v) is 10.5. The molecule has 1 fully saturated rings. The van der Waals surface area contributed by atoms with Crippen molar-refractivity contribution in [2.75, 3.05) is 12.4 Å². The van der Waals surface area contributed by atoms with Crippen LogP contribution in [0.25, 0.3) is 6.08 Å². The minimum atomic E-state index is -0.189. The molecule has 1 amide bonds. The highest BCUT2D eigenvalue weighted by Crippen LogP contribution is 2.36. The van der Waals surface area contributed by atoms with E-state index in [0.29, 0.717) is 4.91 Å². The standard InChI is InChI=1S/C19H18Br2N2O2S/c1-3-11-4-6-13(7-5-11)22-19-23-18(24)16(26-19)10-12-8-14(20)17(25-2)15(21)9-12/h4-10,19,22H,3H2,1-2H3,(H,23,24)/b16-10-/t19-/m1/s1. The van der Waals surface area contributed by atoms with Gasteiger partial charge in [-0.3, -0.25) is 4.79 Å². The molecule has 7 heteroatoms. The third kappa shape index (κ3) is 4.45. The summed E-state index contributed by atoms with van der Waals surface area (Å²) in [7, 11) is 1.62. The number of carbonyl (C=O) groups excluding carboxylic acids is 1. The Hall–Kier alpha value is -1.44. The van der Waals surface area contributed by atoms with E-state index in [1.807, 2.05) is 30.3 Å². The van der Waals surface area contributed by atoms with Gasteiger partial charge in [0.1, 0.15) is 5.75 Å². The van der Waals surface area contributed by atoms with Gasteiger partial charge in [-0.15, -0.1) is 0 Å². The second-order valence-electron chi connectivity index (χ2n) is 5.69.